The normalized spacial score (nSPS) is 4.80. The molecular weight excluding hydrogens is 198 g/mol. The molecule has 0 aliphatic heterocycles. The maximum Gasteiger partial charge on any atom is 1.00 e. The van der Waals surface area contributed by atoms with Gasteiger partial charge in [-0.3, -0.25) is 4.46 Å². The van der Waals surface area contributed by atoms with E-state index in [0.717, 1.165) is 0 Å². The third kappa shape index (κ3) is 411. The quantitative estimate of drug-likeness (QED) is 0.374. The molecule has 0 amide bonds. The van der Waals surface area contributed by atoms with Gasteiger partial charge in [-0.2, -0.15) is 0 Å². The van der Waals surface area contributed by atoms with Crippen LogP contribution >= 0.6 is 0 Å². The van der Waals surface area contributed by atoms with Crippen LogP contribution in [0, 0.1) is 0 Å². The van der Waals surface area contributed by atoms with Crippen molar-refractivity contribution in [1.82, 2.24) is 0 Å². The predicted molar refractivity (Wildman–Crippen MR) is 17.3 cm³/mol. The topological polar surface area (TPSA) is 121 Å². The molecular formula is H2Na2O6Si2. The summed E-state index contributed by atoms with van der Waals surface area (Å²) >= 11 is 0. The van der Waals surface area contributed by atoms with Gasteiger partial charge >= 0.3 is 68.3 Å². The number of hydrogen-bond acceptors (Lipinski definition) is 4. The molecule has 6 nitrogen and oxygen atoms in total. The van der Waals surface area contributed by atoms with E-state index in [-0.39, 0.29) is 59.1 Å². The summed E-state index contributed by atoms with van der Waals surface area (Å²) in [7, 11) is -6.76. The van der Waals surface area contributed by atoms with E-state index >= 15 is 0 Å². The maximum absolute atomic E-state index is 8.74. The Balaban J connectivity index is -0.0000000300. The first-order valence-corrected chi connectivity index (χ1v) is 3.79. The Kier molecular flexibility index (Phi) is 37.5. The molecule has 48 valence electrons. The summed E-state index contributed by atoms with van der Waals surface area (Å²) in [6.45, 7) is 0. The zero-order chi connectivity index (χ0) is 7.15. The van der Waals surface area contributed by atoms with E-state index < -0.39 is 18.3 Å². The van der Waals surface area contributed by atoms with E-state index in [1.54, 1.807) is 0 Å². The standard InChI is InChI=1S/2Na.H2O3Si.O3Si/c;;2*1-4(2)3/h;;1-2H;/q2*+1;;-2. The molecule has 0 aromatic heterocycles. The number of rotatable bonds is 0. The molecule has 0 radical (unpaired) electrons. The average molecular weight is 200 g/mol. The zero-order valence-electron chi connectivity index (χ0n) is 5.53. The van der Waals surface area contributed by atoms with Crippen LogP contribution in [0.5, 0.6) is 0 Å². The molecule has 0 saturated carbocycles. The zero-order valence-corrected chi connectivity index (χ0v) is 11.5. The van der Waals surface area contributed by atoms with Crippen molar-refractivity contribution in [3.8, 4) is 0 Å². The van der Waals surface area contributed by atoms with Crippen LogP contribution in [0.2, 0.25) is 0 Å². The summed E-state index contributed by atoms with van der Waals surface area (Å²) in [5, 5.41) is 0. The van der Waals surface area contributed by atoms with E-state index in [4.69, 9.17) is 28.1 Å². The number of hydrogen-bond donors (Lipinski definition) is 2. The molecule has 10 heteroatoms. The summed E-state index contributed by atoms with van der Waals surface area (Å²) < 4.78 is 17.3. The smallest absolute Gasteiger partial charge is 0.672 e. The first-order valence-electron chi connectivity index (χ1n) is 1.26. The molecule has 0 saturated heterocycles. The van der Waals surface area contributed by atoms with Crippen molar-refractivity contribution in [3.05, 3.63) is 0 Å². The van der Waals surface area contributed by atoms with Gasteiger partial charge in [0.25, 0.3) is 0 Å². The average Bonchev–Trinajstić information content (AvgIpc) is 1.25. The van der Waals surface area contributed by atoms with E-state index in [1.165, 1.54) is 0 Å². The molecule has 0 rings (SSSR count). The fourth-order valence-corrected chi connectivity index (χ4v) is 0. The van der Waals surface area contributed by atoms with Gasteiger partial charge in [0.2, 0.25) is 0 Å². The van der Waals surface area contributed by atoms with Crippen molar-refractivity contribution >= 4 is 18.3 Å². The molecule has 0 aliphatic carbocycles. The van der Waals surface area contributed by atoms with Crippen LogP contribution in [0.3, 0.4) is 0 Å². The van der Waals surface area contributed by atoms with Crippen LogP contribution < -0.4 is 68.7 Å². The largest absolute Gasteiger partial charge is 1.00 e. The van der Waals surface area contributed by atoms with Crippen LogP contribution in [0.1, 0.15) is 0 Å². The van der Waals surface area contributed by atoms with Crippen molar-refractivity contribution in [3.63, 3.8) is 0 Å². The predicted octanol–water partition coefficient (Wildman–Crippen LogP) is -10.5. The summed E-state index contributed by atoms with van der Waals surface area (Å²) in [6.07, 6.45) is 0. The Morgan fingerprint density at radius 1 is 1.00 bits per heavy atom. The molecule has 0 spiro atoms. The SMILES string of the molecule is O=[Si](O)O.O=[Si]([O-])[O-].[Na+].[Na+]. The second-order valence-corrected chi connectivity index (χ2v) is 1.60. The first kappa shape index (κ1) is 22.5. The Labute approximate surface area is 104 Å². The molecule has 0 unspecified atom stereocenters. The molecule has 0 aromatic rings. The first-order chi connectivity index (χ1) is 3.46. The van der Waals surface area contributed by atoms with Crippen LogP contribution in [0.15, 0.2) is 0 Å². The van der Waals surface area contributed by atoms with Gasteiger partial charge in [0.1, 0.15) is 0 Å². The van der Waals surface area contributed by atoms with Gasteiger partial charge in [0.15, 0.2) is 0 Å². The van der Waals surface area contributed by atoms with Crippen LogP contribution in [0.4, 0.5) is 0 Å². The minimum absolute atomic E-state index is 0. The summed E-state index contributed by atoms with van der Waals surface area (Å²) in [4.78, 5) is 31.4. The van der Waals surface area contributed by atoms with Gasteiger partial charge in [-0.25, -0.2) is 0 Å². The summed E-state index contributed by atoms with van der Waals surface area (Å²) in [5.41, 5.74) is 0. The fraction of sp³-hybridized carbons (Fsp3) is 0. The van der Waals surface area contributed by atoms with E-state index in [0.29, 0.717) is 0 Å². The van der Waals surface area contributed by atoms with Gasteiger partial charge in [-0.05, 0) is 0 Å². The van der Waals surface area contributed by atoms with Gasteiger partial charge in [0.05, 0.1) is 0 Å². The van der Waals surface area contributed by atoms with Gasteiger partial charge in [-0.1, -0.05) is 0 Å². The van der Waals surface area contributed by atoms with Crippen molar-refractivity contribution in [2.24, 2.45) is 0 Å². The molecule has 0 fully saturated rings. The molecule has 0 atom stereocenters. The Bertz CT molecular complexity index is 71.7. The van der Waals surface area contributed by atoms with Crippen molar-refractivity contribution in [1.29, 1.82) is 0 Å². The Morgan fingerprint density at radius 2 is 1.00 bits per heavy atom. The monoisotopic (exact) mass is 200 g/mol. The molecule has 0 aliphatic rings. The Morgan fingerprint density at radius 3 is 1.00 bits per heavy atom. The summed E-state index contributed by atoms with van der Waals surface area (Å²) in [6, 6.07) is 0. The van der Waals surface area contributed by atoms with E-state index in [1.807, 2.05) is 0 Å². The van der Waals surface area contributed by atoms with Gasteiger partial charge < -0.3 is 23.6 Å². The molecule has 10 heavy (non-hydrogen) atoms. The Hall–Kier alpha value is 1.23. The molecule has 0 aromatic carbocycles. The third-order valence-electron chi connectivity index (χ3n) is 0. The second kappa shape index (κ2) is 16.7. The molecule has 0 heterocycles. The van der Waals surface area contributed by atoms with Gasteiger partial charge in [0, 0.05) is 9.17 Å². The van der Waals surface area contributed by atoms with Crippen LogP contribution in [-0.2, 0) is 8.92 Å². The van der Waals surface area contributed by atoms with Crippen LogP contribution in [-0.4, -0.2) is 27.9 Å². The maximum atomic E-state index is 8.74. The second-order valence-electron chi connectivity index (χ2n) is 0.533. The molecule has 2 N–H and O–H groups in total. The van der Waals surface area contributed by atoms with E-state index in [9.17, 15) is 0 Å². The minimum atomic E-state index is -3.63. The van der Waals surface area contributed by atoms with Gasteiger partial charge in [-0.15, -0.1) is 0 Å². The molecule has 0 bridgehead atoms. The third-order valence-corrected chi connectivity index (χ3v) is 0. The van der Waals surface area contributed by atoms with Crippen molar-refractivity contribution < 1.29 is 87.2 Å². The van der Waals surface area contributed by atoms with Crippen molar-refractivity contribution in [2.75, 3.05) is 0 Å². The summed E-state index contributed by atoms with van der Waals surface area (Å²) in [5.74, 6) is 0. The van der Waals surface area contributed by atoms with Crippen LogP contribution in [0.25, 0.3) is 0 Å². The minimum Gasteiger partial charge on any atom is -0.672 e. The van der Waals surface area contributed by atoms with E-state index in [2.05, 4.69) is 0 Å². The van der Waals surface area contributed by atoms with Crippen molar-refractivity contribution in [2.45, 2.75) is 0 Å². The fourth-order valence-electron chi connectivity index (χ4n) is 0.